The van der Waals surface area contributed by atoms with Crippen LogP contribution in [0.1, 0.15) is 90.5 Å². The molecule has 30 heavy (non-hydrogen) atoms. The van der Waals surface area contributed by atoms with E-state index in [1.807, 2.05) is 0 Å². The van der Waals surface area contributed by atoms with E-state index < -0.39 is 0 Å². The fourth-order valence-corrected chi connectivity index (χ4v) is 3.55. The van der Waals surface area contributed by atoms with E-state index in [1.165, 1.54) is 0 Å². The van der Waals surface area contributed by atoms with Crippen molar-refractivity contribution in [2.75, 3.05) is 0 Å². The molecule has 0 spiro atoms. The van der Waals surface area contributed by atoms with Gasteiger partial charge in [-0.25, -0.2) is 0 Å². The Morgan fingerprint density at radius 2 is 1.53 bits per heavy atom. The second-order valence-electron chi connectivity index (χ2n) is 8.06. The molecule has 0 aliphatic heterocycles. The lowest BCUT2D eigenvalue weighted by Crippen LogP contribution is -2.23. The SMILES string of the molecule is CCCC(OC(=O)CCCCCCCCC(=O)OCc1cccc(Cl)c1Cl)C(C)C. The molecule has 0 saturated heterocycles. The summed E-state index contributed by atoms with van der Waals surface area (Å²) in [5, 5.41) is 0.889. The van der Waals surface area contributed by atoms with Gasteiger partial charge in [-0.2, -0.15) is 0 Å². The van der Waals surface area contributed by atoms with Crippen molar-refractivity contribution >= 4 is 35.1 Å². The number of esters is 2. The average Bonchev–Trinajstić information content (AvgIpc) is 2.70. The highest BCUT2D eigenvalue weighted by Gasteiger charge is 2.17. The summed E-state index contributed by atoms with van der Waals surface area (Å²) in [5.74, 6) is 0.0633. The molecule has 6 heteroatoms. The second-order valence-corrected chi connectivity index (χ2v) is 8.84. The van der Waals surface area contributed by atoms with Gasteiger partial charge in [-0.1, -0.05) is 88.2 Å². The van der Waals surface area contributed by atoms with Gasteiger partial charge >= 0.3 is 11.9 Å². The first-order chi connectivity index (χ1) is 14.3. The highest BCUT2D eigenvalue weighted by atomic mass is 35.5. The number of rotatable bonds is 15. The number of halogens is 2. The van der Waals surface area contributed by atoms with Gasteiger partial charge in [0, 0.05) is 18.4 Å². The average molecular weight is 459 g/mol. The van der Waals surface area contributed by atoms with Crippen LogP contribution in [0.4, 0.5) is 0 Å². The Bertz CT molecular complexity index is 646. The van der Waals surface area contributed by atoms with E-state index in [0.717, 1.165) is 51.4 Å². The molecule has 0 amide bonds. The molecule has 0 bridgehead atoms. The lowest BCUT2D eigenvalue weighted by atomic mass is 10.0. The molecule has 0 saturated carbocycles. The Labute approximate surface area is 191 Å². The molecule has 1 atom stereocenters. The number of hydrogen-bond acceptors (Lipinski definition) is 4. The van der Waals surface area contributed by atoms with E-state index in [0.29, 0.717) is 34.4 Å². The molecule has 0 heterocycles. The molecular weight excluding hydrogens is 423 g/mol. The van der Waals surface area contributed by atoms with Crippen molar-refractivity contribution in [1.29, 1.82) is 0 Å². The first-order valence-electron chi connectivity index (χ1n) is 11.1. The maximum Gasteiger partial charge on any atom is 0.306 e. The predicted molar refractivity (Wildman–Crippen MR) is 123 cm³/mol. The van der Waals surface area contributed by atoms with E-state index in [4.69, 9.17) is 32.7 Å². The molecule has 170 valence electrons. The Balaban J connectivity index is 2.04. The van der Waals surface area contributed by atoms with Crippen LogP contribution >= 0.6 is 23.2 Å². The van der Waals surface area contributed by atoms with Gasteiger partial charge in [0.25, 0.3) is 0 Å². The fourth-order valence-electron chi connectivity index (χ4n) is 3.18. The molecule has 0 aromatic heterocycles. The van der Waals surface area contributed by atoms with Crippen LogP contribution in [0.2, 0.25) is 10.0 Å². The number of carbonyl (C=O) groups is 2. The predicted octanol–water partition coefficient (Wildman–Crippen LogP) is 7.53. The maximum atomic E-state index is 12.0. The summed E-state index contributed by atoms with van der Waals surface area (Å²) in [4.78, 5) is 23.8. The first-order valence-corrected chi connectivity index (χ1v) is 11.9. The molecule has 0 N–H and O–H groups in total. The quantitative estimate of drug-likeness (QED) is 0.201. The van der Waals surface area contributed by atoms with Gasteiger partial charge in [-0.15, -0.1) is 0 Å². The van der Waals surface area contributed by atoms with E-state index >= 15 is 0 Å². The molecule has 0 aliphatic rings. The Kier molecular flexibility index (Phi) is 13.9. The number of carbonyl (C=O) groups excluding carboxylic acids is 2. The Morgan fingerprint density at radius 1 is 0.933 bits per heavy atom. The van der Waals surface area contributed by atoms with Crippen molar-refractivity contribution in [2.45, 2.75) is 97.7 Å². The van der Waals surface area contributed by atoms with Crippen LogP contribution in [0.15, 0.2) is 18.2 Å². The van der Waals surface area contributed by atoms with Crippen LogP contribution in [-0.4, -0.2) is 18.0 Å². The summed E-state index contributed by atoms with van der Waals surface area (Å²) in [7, 11) is 0. The van der Waals surface area contributed by atoms with Crippen LogP contribution < -0.4 is 0 Å². The highest BCUT2D eigenvalue weighted by molar-refractivity contribution is 6.42. The van der Waals surface area contributed by atoms with Crippen LogP contribution in [0.3, 0.4) is 0 Å². The van der Waals surface area contributed by atoms with Crippen molar-refractivity contribution in [1.82, 2.24) is 0 Å². The molecule has 0 aliphatic carbocycles. The zero-order valence-electron chi connectivity index (χ0n) is 18.6. The topological polar surface area (TPSA) is 52.6 Å². The van der Waals surface area contributed by atoms with Crippen molar-refractivity contribution < 1.29 is 19.1 Å². The van der Waals surface area contributed by atoms with Gasteiger partial charge in [-0.3, -0.25) is 9.59 Å². The highest BCUT2D eigenvalue weighted by Crippen LogP contribution is 2.26. The standard InChI is InChI=1S/C24H36Cl2O4/c1-4-12-21(18(2)3)30-23(28)16-10-8-6-5-7-9-15-22(27)29-17-19-13-11-14-20(25)24(19)26/h11,13-14,18,21H,4-10,12,15-17H2,1-3H3. The third-order valence-electron chi connectivity index (χ3n) is 5.03. The lowest BCUT2D eigenvalue weighted by Gasteiger charge is -2.20. The molecule has 1 aromatic carbocycles. The first kappa shape index (κ1) is 26.8. The minimum atomic E-state index is -0.222. The summed E-state index contributed by atoms with van der Waals surface area (Å²) in [6.07, 6.45) is 8.64. The zero-order valence-corrected chi connectivity index (χ0v) is 20.1. The maximum absolute atomic E-state index is 12.0. The largest absolute Gasteiger partial charge is 0.462 e. The van der Waals surface area contributed by atoms with Crippen molar-refractivity contribution in [3.05, 3.63) is 33.8 Å². The number of unbranched alkanes of at least 4 members (excludes halogenated alkanes) is 5. The number of hydrogen-bond donors (Lipinski definition) is 0. The van der Waals surface area contributed by atoms with Crippen LogP contribution in [0.5, 0.6) is 0 Å². The molecule has 1 unspecified atom stereocenters. The minimum Gasteiger partial charge on any atom is -0.462 e. The molecule has 0 fully saturated rings. The minimum absolute atomic E-state index is 0.0390. The summed E-state index contributed by atoms with van der Waals surface area (Å²) in [6, 6.07) is 5.28. The zero-order chi connectivity index (χ0) is 22.4. The number of benzene rings is 1. The molecular formula is C24H36Cl2O4. The van der Waals surface area contributed by atoms with Crippen molar-refractivity contribution in [3.63, 3.8) is 0 Å². The summed E-state index contributed by atoms with van der Waals surface area (Å²) >= 11 is 12.0. The van der Waals surface area contributed by atoms with Crippen LogP contribution in [-0.2, 0) is 25.7 Å². The van der Waals surface area contributed by atoms with Crippen molar-refractivity contribution in [2.24, 2.45) is 5.92 Å². The number of ether oxygens (including phenoxy) is 2. The molecule has 0 radical (unpaired) electrons. The lowest BCUT2D eigenvalue weighted by molar-refractivity contribution is -0.152. The summed E-state index contributed by atoms with van der Waals surface area (Å²) < 4.78 is 10.9. The van der Waals surface area contributed by atoms with E-state index in [1.54, 1.807) is 18.2 Å². The monoisotopic (exact) mass is 458 g/mol. The molecule has 4 nitrogen and oxygen atoms in total. The van der Waals surface area contributed by atoms with Gasteiger partial charge in [0.2, 0.25) is 0 Å². The van der Waals surface area contributed by atoms with Crippen LogP contribution in [0.25, 0.3) is 0 Å². The summed E-state index contributed by atoms with van der Waals surface area (Å²) in [6.45, 7) is 6.44. The Morgan fingerprint density at radius 3 is 2.13 bits per heavy atom. The molecule has 1 rings (SSSR count). The second kappa shape index (κ2) is 15.5. The van der Waals surface area contributed by atoms with Gasteiger partial charge in [-0.05, 0) is 31.2 Å². The van der Waals surface area contributed by atoms with Gasteiger partial charge in [0.05, 0.1) is 10.0 Å². The normalized spacial score (nSPS) is 12.1. The van der Waals surface area contributed by atoms with Gasteiger partial charge < -0.3 is 9.47 Å². The van der Waals surface area contributed by atoms with E-state index in [-0.39, 0.29) is 24.6 Å². The van der Waals surface area contributed by atoms with Crippen molar-refractivity contribution in [3.8, 4) is 0 Å². The fraction of sp³-hybridized carbons (Fsp3) is 0.667. The molecule has 1 aromatic rings. The summed E-state index contributed by atoms with van der Waals surface area (Å²) in [5.41, 5.74) is 0.713. The smallest absolute Gasteiger partial charge is 0.306 e. The van der Waals surface area contributed by atoms with Gasteiger partial charge in [0.15, 0.2) is 0 Å². The van der Waals surface area contributed by atoms with Gasteiger partial charge in [0.1, 0.15) is 12.7 Å². The third-order valence-corrected chi connectivity index (χ3v) is 5.89. The Hall–Kier alpha value is -1.26. The third kappa shape index (κ3) is 11.2. The van der Waals surface area contributed by atoms with Crippen LogP contribution in [0, 0.1) is 5.92 Å². The van der Waals surface area contributed by atoms with E-state index in [9.17, 15) is 9.59 Å². The van der Waals surface area contributed by atoms with E-state index in [2.05, 4.69) is 20.8 Å².